The van der Waals surface area contributed by atoms with Crippen LogP contribution in [0.3, 0.4) is 0 Å². The molecule has 1 saturated heterocycles. The van der Waals surface area contributed by atoms with Gasteiger partial charge in [0.25, 0.3) is 0 Å². The minimum Gasteiger partial charge on any atom is -0.377 e. The number of morpholine rings is 1. The summed E-state index contributed by atoms with van der Waals surface area (Å²) in [6.45, 7) is 6.15. The molecule has 20 heavy (non-hydrogen) atoms. The van der Waals surface area contributed by atoms with Crippen molar-refractivity contribution in [3.63, 3.8) is 0 Å². The summed E-state index contributed by atoms with van der Waals surface area (Å²) in [7, 11) is 0. The lowest BCUT2D eigenvalue weighted by Gasteiger charge is -2.35. The molecule has 0 aliphatic carbocycles. The number of hydrogen-bond donors (Lipinski definition) is 1. The van der Waals surface area contributed by atoms with E-state index in [-0.39, 0.29) is 6.04 Å². The lowest BCUT2D eigenvalue weighted by Crippen LogP contribution is -2.51. The van der Waals surface area contributed by atoms with E-state index in [1.807, 2.05) is 18.7 Å². The van der Waals surface area contributed by atoms with Gasteiger partial charge >= 0.3 is 6.18 Å². The lowest BCUT2D eigenvalue weighted by atomic mass is 10.2. The van der Waals surface area contributed by atoms with Crippen molar-refractivity contribution >= 4 is 16.5 Å². The molecule has 0 amide bonds. The van der Waals surface area contributed by atoms with E-state index in [1.54, 1.807) is 0 Å². The second kappa shape index (κ2) is 6.23. The van der Waals surface area contributed by atoms with Gasteiger partial charge in [-0.25, -0.2) is 0 Å². The maximum Gasteiger partial charge on any atom is 0.445 e. The van der Waals surface area contributed by atoms with Crippen LogP contribution in [0, 0.1) is 0 Å². The van der Waals surface area contributed by atoms with Crippen molar-refractivity contribution in [2.45, 2.75) is 32.1 Å². The Bertz CT molecular complexity index is 438. The van der Waals surface area contributed by atoms with Crippen LogP contribution in [0.5, 0.6) is 0 Å². The molecule has 5 nitrogen and oxygen atoms in total. The van der Waals surface area contributed by atoms with Gasteiger partial charge in [0, 0.05) is 19.1 Å². The van der Waals surface area contributed by atoms with E-state index in [0.717, 1.165) is 0 Å². The number of hydrogen-bond acceptors (Lipinski definition) is 6. The van der Waals surface area contributed by atoms with Crippen molar-refractivity contribution in [3.05, 3.63) is 5.01 Å². The van der Waals surface area contributed by atoms with Crippen LogP contribution in [0.15, 0.2) is 0 Å². The summed E-state index contributed by atoms with van der Waals surface area (Å²) in [5.74, 6) is 0. The Morgan fingerprint density at radius 2 is 2.20 bits per heavy atom. The van der Waals surface area contributed by atoms with E-state index in [9.17, 15) is 13.2 Å². The van der Waals surface area contributed by atoms with Crippen LogP contribution in [-0.4, -0.2) is 48.6 Å². The molecule has 0 radical (unpaired) electrons. The molecule has 2 rings (SSSR count). The van der Waals surface area contributed by atoms with Gasteiger partial charge in [-0.05, 0) is 0 Å². The summed E-state index contributed by atoms with van der Waals surface area (Å²) in [6, 6.07) is 0.277. The molecule has 114 valence electrons. The monoisotopic (exact) mass is 310 g/mol. The quantitative estimate of drug-likeness (QED) is 0.918. The second-order valence-corrected chi connectivity index (χ2v) is 5.83. The van der Waals surface area contributed by atoms with Crippen LogP contribution < -0.4 is 10.2 Å². The SMILES string of the molecule is CC(C)NCC1COCCN1c1nnc(C(F)(F)F)s1. The summed E-state index contributed by atoms with van der Waals surface area (Å²) in [5.41, 5.74) is 0. The molecule has 0 spiro atoms. The van der Waals surface area contributed by atoms with Gasteiger partial charge in [-0.15, -0.1) is 10.2 Å². The highest BCUT2D eigenvalue weighted by Gasteiger charge is 2.37. The molecular weight excluding hydrogens is 293 g/mol. The van der Waals surface area contributed by atoms with Crippen molar-refractivity contribution in [2.24, 2.45) is 0 Å². The van der Waals surface area contributed by atoms with Crippen molar-refractivity contribution in [2.75, 3.05) is 31.2 Å². The van der Waals surface area contributed by atoms with Gasteiger partial charge in [0.2, 0.25) is 10.1 Å². The first-order valence-corrected chi connectivity index (χ1v) is 7.18. The second-order valence-electron chi connectivity index (χ2n) is 4.87. The van der Waals surface area contributed by atoms with Gasteiger partial charge in [0.1, 0.15) is 0 Å². The van der Waals surface area contributed by atoms with Crippen molar-refractivity contribution in [3.8, 4) is 0 Å². The van der Waals surface area contributed by atoms with Crippen LogP contribution in [0.4, 0.5) is 18.3 Å². The molecule has 0 aromatic carbocycles. The number of nitrogens with zero attached hydrogens (tertiary/aromatic N) is 3. The number of anilines is 1. The third-order valence-electron chi connectivity index (χ3n) is 2.89. The summed E-state index contributed by atoms with van der Waals surface area (Å²) >= 11 is 0.580. The van der Waals surface area contributed by atoms with Gasteiger partial charge in [-0.3, -0.25) is 0 Å². The van der Waals surface area contributed by atoms with E-state index < -0.39 is 11.2 Å². The number of ether oxygens (including phenoxy) is 1. The summed E-state index contributed by atoms with van der Waals surface area (Å²) < 4.78 is 43.1. The molecule has 1 aliphatic rings. The third kappa shape index (κ3) is 3.80. The summed E-state index contributed by atoms with van der Waals surface area (Å²) in [4.78, 5) is 1.84. The highest BCUT2D eigenvalue weighted by atomic mass is 32.1. The highest BCUT2D eigenvalue weighted by molar-refractivity contribution is 7.15. The standard InChI is InChI=1S/C11H17F3N4OS/c1-7(2)15-5-8-6-19-4-3-18(8)10-17-16-9(20-10)11(12,13)14/h7-8,15H,3-6H2,1-2H3. The first-order valence-electron chi connectivity index (χ1n) is 6.36. The van der Waals surface area contributed by atoms with E-state index in [0.29, 0.717) is 48.8 Å². The molecule has 1 aliphatic heterocycles. The average molecular weight is 310 g/mol. The highest BCUT2D eigenvalue weighted by Crippen LogP contribution is 2.35. The minimum atomic E-state index is -4.44. The molecule has 1 N–H and O–H groups in total. The number of rotatable bonds is 4. The summed E-state index contributed by atoms with van der Waals surface area (Å²) in [5, 5.41) is 9.57. The molecule has 0 bridgehead atoms. The third-order valence-corrected chi connectivity index (χ3v) is 3.90. The molecule has 1 aromatic heterocycles. The van der Waals surface area contributed by atoms with Crippen LogP contribution in [-0.2, 0) is 10.9 Å². The van der Waals surface area contributed by atoms with E-state index in [4.69, 9.17) is 4.74 Å². The number of alkyl halides is 3. The molecule has 2 heterocycles. The first-order chi connectivity index (χ1) is 9.38. The summed E-state index contributed by atoms with van der Waals surface area (Å²) in [6.07, 6.45) is -4.44. The Labute approximate surface area is 119 Å². The van der Waals surface area contributed by atoms with Crippen LogP contribution in [0.2, 0.25) is 0 Å². The van der Waals surface area contributed by atoms with Crippen molar-refractivity contribution < 1.29 is 17.9 Å². The van der Waals surface area contributed by atoms with Gasteiger partial charge in [-0.1, -0.05) is 25.2 Å². The van der Waals surface area contributed by atoms with Crippen molar-refractivity contribution in [1.82, 2.24) is 15.5 Å². The molecule has 1 atom stereocenters. The zero-order chi connectivity index (χ0) is 14.8. The fourth-order valence-electron chi connectivity index (χ4n) is 1.89. The predicted octanol–water partition coefficient (Wildman–Crippen LogP) is 1.76. The zero-order valence-corrected chi connectivity index (χ0v) is 12.1. The van der Waals surface area contributed by atoms with Gasteiger partial charge in [0.15, 0.2) is 0 Å². The number of nitrogens with one attached hydrogen (secondary N) is 1. The first kappa shape index (κ1) is 15.5. The Balaban J connectivity index is 2.09. The maximum absolute atomic E-state index is 12.6. The molecule has 1 fully saturated rings. The smallest absolute Gasteiger partial charge is 0.377 e. The van der Waals surface area contributed by atoms with Crippen LogP contribution >= 0.6 is 11.3 Å². The average Bonchev–Trinajstić information content (AvgIpc) is 2.86. The Morgan fingerprint density at radius 1 is 1.45 bits per heavy atom. The fraction of sp³-hybridized carbons (Fsp3) is 0.818. The Kier molecular flexibility index (Phi) is 4.82. The van der Waals surface area contributed by atoms with E-state index in [2.05, 4.69) is 15.5 Å². The largest absolute Gasteiger partial charge is 0.445 e. The normalized spacial score (nSPS) is 20.7. The number of aromatic nitrogens is 2. The van der Waals surface area contributed by atoms with Gasteiger partial charge in [-0.2, -0.15) is 13.2 Å². The lowest BCUT2D eigenvalue weighted by molar-refractivity contribution is -0.138. The predicted molar refractivity (Wildman–Crippen MR) is 70.0 cm³/mol. The van der Waals surface area contributed by atoms with Crippen molar-refractivity contribution in [1.29, 1.82) is 0 Å². The number of halogens is 3. The molecular formula is C11H17F3N4OS. The molecule has 1 unspecified atom stereocenters. The topological polar surface area (TPSA) is 50.3 Å². The van der Waals surface area contributed by atoms with E-state index in [1.165, 1.54) is 0 Å². The van der Waals surface area contributed by atoms with Crippen LogP contribution in [0.25, 0.3) is 0 Å². The van der Waals surface area contributed by atoms with E-state index >= 15 is 0 Å². The van der Waals surface area contributed by atoms with Gasteiger partial charge < -0.3 is 15.0 Å². The molecule has 9 heteroatoms. The molecule has 0 saturated carbocycles. The Hall–Kier alpha value is -0.930. The minimum absolute atomic E-state index is 0.0276. The zero-order valence-electron chi connectivity index (χ0n) is 11.3. The fourth-order valence-corrected chi connectivity index (χ4v) is 2.70. The van der Waals surface area contributed by atoms with Crippen LogP contribution in [0.1, 0.15) is 18.9 Å². The van der Waals surface area contributed by atoms with Gasteiger partial charge in [0.05, 0.1) is 19.3 Å². The Morgan fingerprint density at radius 3 is 2.80 bits per heavy atom. The maximum atomic E-state index is 12.6. The molecule has 1 aromatic rings.